The van der Waals surface area contributed by atoms with E-state index in [2.05, 4.69) is 0 Å². The van der Waals surface area contributed by atoms with E-state index in [4.69, 9.17) is 9.15 Å². The van der Waals surface area contributed by atoms with Gasteiger partial charge in [0.25, 0.3) is 5.91 Å². The molecule has 1 N–H and O–H groups in total. The molecule has 1 saturated carbocycles. The molecule has 166 valence electrons. The van der Waals surface area contributed by atoms with Crippen LogP contribution >= 0.6 is 0 Å². The topological polar surface area (TPSA) is 80.0 Å². The maximum atomic E-state index is 13.0. The summed E-state index contributed by atoms with van der Waals surface area (Å²) in [7, 11) is 0. The normalized spacial score (nSPS) is 26.8. The molecule has 5 rings (SSSR count). The lowest BCUT2D eigenvalue weighted by molar-refractivity contribution is -0.149. The molecule has 1 aromatic carbocycles. The summed E-state index contributed by atoms with van der Waals surface area (Å²) in [4.78, 5) is 27.3. The first-order chi connectivity index (χ1) is 14.9. The molecule has 3 unspecified atom stereocenters. The van der Waals surface area contributed by atoms with Gasteiger partial charge in [-0.2, -0.15) is 0 Å². The monoisotopic (exact) mass is 425 g/mol. The van der Waals surface area contributed by atoms with Gasteiger partial charge in [0.1, 0.15) is 11.3 Å². The maximum Gasteiger partial charge on any atom is 0.339 e. The van der Waals surface area contributed by atoms with Gasteiger partial charge in [0.15, 0.2) is 6.10 Å². The number of carbonyl (C=O) groups is 1. The molecule has 0 radical (unpaired) electrons. The predicted octanol–water partition coefficient (Wildman–Crippen LogP) is 3.59. The first-order valence-electron chi connectivity index (χ1n) is 11.7. The van der Waals surface area contributed by atoms with E-state index in [0.29, 0.717) is 30.8 Å². The lowest BCUT2D eigenvalue weighted by Crippen LogP contribution is -2.56. The Labute approximate surface area is 182 Å². The second-order valence-corrected chi connectivity index (χ2v) is 9.55. The van der Waals surface area contributed by atoms with Crippen molar-refractivity contribution in [2.24, 2.45) is 5.92 Å². The summed E-state index contributed by atoms with van der Waals surface area (Å²) < 4.78 is 11.5. The minimum atomic E-state index is -0.642. The number of likely N-dealkylation sites (tertiary alicyclic amines) is 1. The van der Waals surface area contributed by atoms with Gasteiger partial charge >= 0.3 is 5.63 Å². The molecule has 2 aliphatic carbocycles. The average Bonchev–Trinajstić information content (AvgIpc) is 2.78. The number of aliphatic hydroxyl groups is 1. The highest BCUT2D eigenvalue weighted by molar-refractivity contribution is 5.84. The summed E-state index contributed by atoms with van der Waals surface area (Å²) in [5, 5.41) is 11.8. The molecule has 0 bridgehead atoms. The SMILES string of the molecule is CC(Oc1ccc2c3c(c(=O)oc2c1)CCCC3)C(=O)N1CCC2(O)CCCCC2C1. The Morgan fingerprint density at radius 3 is 2.84 bits per heavy atom. The van der Waals surface area contributed by atoms with Gasteiger partial charge in [0.05, 0.1) is 5.60 Å². The zero-order chi connectivity index (χ0) is 21.6. The Morgan fingerprint density at radius 2 is 2.00 bits per heavy atom. The third kappa shape index (κ3) is 3.75. The number of ether oxygens (including phenoxy) is 1. The van der Waals surface area contributed by atoms with Crippen molar-refractivity contribution in [2.75, 3.05) is 13.1 Å². The molecule has 3 aliphatic rings. The van der Waals surface area contributed by atoms with Crippen molar-refractivity contribution in [3.05, 3.63) is 39.7 Å². The molecule has 6 nitrogen and oxygen atoms in total. The molecule has 1 aromatic heterocycles. The van der Waals surface area contributed by atoms with Crippen LogP contribution in [0, 0.1) is 5.92 Å². The zero-order valence-corrected chi connectivity index (χ0v) is 18.2. The number of rotatable bonds is 3. The molecule has 1 aliphatic heterocycles. The number of fused-ring (bicyclic) bond motifs is 4. The highest BCUT2D eigenvalue weighted by Gasteiger charge is 2.44. The number of hydrogen-bond acceptors (Lipinski definition) is 5. The van der Waals surface area contributed by atoms with E-state index in [-0.39, 0.29) is 17.5 Å². The summed E-state index contributed by atoms with van der Waals surface area (Å²) in [5.41, 5.74) is 1.57. The molecule has 2 heterocycles. The average molecular weight is 426 g/mol. The first-order valence-corrected chi connectivity index (χ1v) is 11.7. The van der Waals surface area contributed by atoms with E-state index >= 15 is 0 Å². The number of benzene rings is 1. The predicted molar refractivity (Wildman–Crippen MR) is 117 cm³/mol. The zero-order valence-electron chi connectivity index (χ0n) is 18.2. The van der Waals surface area contributed by atoms with Crippen molar-refractivity contribution in [1.29, 1.82) is 0 Å². The standard InChI is InChI=1S/C25H31NO5/c1-16(23(27)26-13-12-25(29)11-5-4-6-17(25)15-26)30-18-9-10-20-19-7-2-3-8-21(19)24(28)31-22(20)14-18/h9-10,14,16-17,29H,2-8,11-13,15H2,1H3. The van der Waals surface area contributed by atoms with Gasteiger partial charge in [-0.15, -0.1) is 0 Å². The Balaban J connectivity index is 1.31. The van der Waals surface area contributed by atoms with E-state index in [9.17, 15) is 14.7 Å². The number of hydrogen-bond donors (Lipinski definition) is 1. The van der Waals surface area contributed by atoms with Crippen molar-refractivity contribution in [3.63, 3.8) is 0 Å². The van der Waals surface area contributed by atoms with Crippen LogP contribution in [0.5, 0.6) is 5.75 Å². The molecule has 1 amide bonds. The Morgan fingerprint density at radius 1 is 1.19 bits per heavy atom. The molecule has 31 heavy (non-hydrogen) atoms. The molecule has 2 fully saturated rings. The maximum absolute atomic E-state index is 13.0. The van der Waals surface area contributed by atoms with E-state index in [1.54, 1.807) is 13.0 Å². The lowest BCUT2D eigenvalue weighted by Gasteiger charge is -2.47. The molecule has 2 aromatic rings. The Bertz CT molecular complexity index is 1060. The number of piperidine rings is 1. The Hall–Kier alpha value is -2.34. The smallest absolute Gasteiger partial charge is 0.339 e. The van der Waals surface area contributed by atoms with Gasteiger partial charge in [-0.05, 0) is 69.6 Å². The second-order valence-electron chi connectivity index (χ2n) is 9.55. The highest BCUT2D eigenvalue weighted by atomic mass is 16.5. The van der Waals surface area contributed by atoms with Crippen molar-refractivity contribution in [2.45, 2.75) is 76.4 Å². The minimum absolute atomic E-state index is 0.0559. The third-order valence-electron chi connectivity index (χ3n) is 7.59. The van der Waals surface area contributed by atoms with Crippen LogP contribution in [-0.4, -0.2) is 40.7 Å². The van der Waals surface area contributed by atoms with Crippen molar-refractivity contribution < 1.29 is 19.1 Å². The van der Waals surface area contributed by atoms with Crippen LogP contribution in [0.4, 0.5) is 0 Å². The summed E-state index contributed by atoms with van der Waals surface area (Å²) in [6.07, 6.45) is 7.80. The number of amides is 1. The molecular formula is C25H31NO5. The van der Waals surface area contributed by atoms with E-state index in [1.807, 2.05) is 17.0 Å². The van der Waals surface area contributed by atoms with Crippen molar-refractivity contribution in [1.82, 2.24) is 4.90 Å². The van der Waals surface area contributed by atoms with E-state index in [0.717, 1.165) is 67.9 Å². The van der Waals surface area contributed by atoms with E-state index < -0.39 is 11.7 Å². The Kier molecular flexibility index (Phi) is 5.29. The van der Waals surface area contributed by atoms with Crippen LogP contribution in [-0.2, 0) is 17.6 Å². The fourth-order valence-electron chi connectivity index (χ4n) is 5.78. The van der Waals surface area contributed by atoms with Crippen LogP contribution in [0.2, 0.25) is 0 Å². The van der Waals surface area contributed by atoms with Crippen molar-refractivity contribution in [3.8, 4) is 5.75 Å². The van der Waals surface area contributed by atoms with Crippen LogP contribution in [0.3, 0.4) is 0 Å². The quantitative estimate of drug-likeness (QED) is 0.760. The van der Waals surface area contributed by atoms with Gasteiger partial charge < -0.3 is 19.2 Å². The van der Waals surface area contributed by atoms with Crippen LogP contribution in [0.25, 0.3) is 11.0 Å². The fraction of sp³-hybridized carbons (Fsp3) is 0.600. The summed E-state index contributed by atoms with van der Waals surface area (Å²) >= 11 is 0. The van der Waals surface area contributed by atoms with Gasteiger partial charge in [-0.3, -0.25) is 4.79 Å². The fourth-order valence-corrected chi connectivity index (χ4v) is 5.78. The summed E-state index contributed by atoms with van der Waals surface area (Å²) in [5.74, 6) is 0.630. The van der Waals surface area contributed by atoms with E-state index in [1.165, 1.54) is 0 Å². The second kappa shape index (κ2) is 7.97. The molecule has 3 atom stereocenters. The first kappa shape index (κ1) is 20.6. The largest absolute Gasteiger partial charge is 0.481 e. The van der Waals surface area contributed by atoms with Gasteiger partial charge in [-0.1, -0.05) is 12.8 Å². The van der Waals surface area contributed by atoms with Crippen LogP contribution in [0.1, 0.15) is 63.0 Å². The van der Waals surface area contributed by atoms with Gasteiger partial charge in [-0.25, -0.2) is 4.79 Å². The molecule has 1 saturated heterocycles. The van der Waals surface area contributed by atoms with Crippen molar-refractivity contribution >= 4 is 16.9 Å². The van der Waals surface area contributed by atoms with Crippen LogP contribution in [0.15, 0.2) is 27.4 Å². The van der Waals surface area contributed by atoms with Crippen LogP contribution < -0.4 is 10.4 Å². The summed E-state index contributed by atoms with van der Waals surface area (Å²) in [6, 6.07) is 5.53. The molecular weight excluding hydrogens is 394 g/mol. The summed E-state index contributed by atoms with van der Waals surface area (Å²) in [6.45, 7) is 2.93. The highest BCUT2D eigenvalue weighted by Crippen LogP contribution is 2.40. The minimum Gasteiger partial charge on any atom is -0.481 e. The molecule has 6 heteroatoms. The number of nitrogens with zero attached hydrogens (tertiary/aromatic N) is 1. The number of carbonyl (C=O) groups excluding carboxylic acids is 1. The third-order valence-corrected chi connectivity index (χ3v) is 7.59. The molecule has 0 spiro atoms. The van der Waals surface area contributed by atoms with Gasteiger partial charge in [0, 0.05) is 36.0 Å². The van der Waals surface area contributed by atoms with Gasteiger partial charge in [0.2, 0.25) is 0 Å². The number of aryl methyl sites for hydroxylation is 1. The lowest BCUT2D eigenvalue weighted by atomic mass is 9.71.